The zero-order valence-electron chi connectivity index (χ0n) is 18.4. The van der Waals surface area contributed by atoms with E-state index in [0.29, 0.717) is 0 Å². The molecule has 9 heteroatoms. The average molecular weight is 435 g/mol. The van der Waals surface area contributed by atoms with Gasteiger partial charge in [-0.05, 0) is 58.9 Å². The zero-order valence-corrected chi connectivity index (χ0v) is 21.4. The van der Waals surface area contributed by atoms with Crippen LogP contribution in [0.25, 0.3) is 0 Å². The predicted octanol–water partition coefficient (Wildman–Crippen LogP) is 3.01. The second-order valence-corrected chi connectivity index (χ2v) is 23.2. The molecular formula is C18H38O6Si3. The second kappa shape index (κ2) is 9.65. The maximum atomic E-state index is 9.97. The minimum absolute atomic E-state index is 0.105. The van der Waals surface area contributed by atoms with Crippen LogP contribution in [0.5, 0.6) is 0 Å². The molecule has 0 spiro atoms. The first-order chi connectivity index (χ1) is 12.2. The third-order valence-corrected chi connectivity index (χ3v) is 6.51. The number of aliphatic hydroxyl groups excluding tert-OH is 1. The summed E-state index contributed by atoms with van der Waals surface area (Å²) in [6.07, 6.45) is 2.86. The highest BCUT2D eigenvalue weighted by Crippen LogP contribution is 2.33. The molecule has 1 saturated heterocycles. The Labute approximate surface area is 168 Å². The van der Waals surface area contributed by atoms with Crippen molar-refractivity contribution in [2.24, 2.45) is 0 Å². The van der Waals surface area contributed by atoms with E-state index in [1.807, 2.05) is 0 Å². The van der Waals surface area contributed by atoms with E-state index < -0.39 is 49.6 Å². The van der Waals surface area contributed by atoms with Crippen molar-refractivity contribution >= 4 is 25.0 Å². The molecule has 1 aliphatic heterocycles. The summed E-state index contributed by atoms with van der Waals surface area (Å²) in [5, 5.41) is 9.97. The van der Waals surface area contributed by atoms with Crippen LogP contribution >= 0.6 is 0 Å². The fourth-order valence-corrected chi connectivity index (χ4v) is 6.17. The maximum absolute atomic E-state index is 9.97. The van der Waals surface area contributed by atoms with Gasteiger partial charge in [-0.2, -0.15) is 0 Å². The van der Waals surface area contributed by atoms with Gasteiger partial charge in [-0.15, -0.1) is 6.42 Å². The van der Waals surface area contributed by atoms with E-state index in [4.69, 9.17) is 29.2 Å². The van der Waals surface area contributed by atoms with E-state index in [2.05, 4.69) is 64.8 Å². The van der Waals surface area contributed by atoms with Crippen LogP contribution in [-0.2, 0) is 22.8 Å². The van der Waals surface area contributed by atoms with Crippen LogP contribution in [0.15, 0.2) is 0 Å². The Morgan fingerprint density at radius 1 is 0.815 bits per heavy atom. The van der Waals surface area contributed by atoms with Crippen molar-refractivity contribution in [3.63, 3.8) is 0 Å². The normalized spacial score (nSPS) is 30.2. The highest BCUT2D eigenvalue weighted by molar-refractivity contribution is 6.70. The number of terminal acetylenes is 1. The highest BCUT2D eigenvalue weighted by atomic mass is 28.4. The lowest BCUT2D eigenvalue weighted by Crippen LogP contribution is -2.66. The van der Waals surface area contributed by atoms with Crippen LogP contribution in [0.4, 0.5) is 0 Å². The van der Waals surface area contributed by atoms with Crippen molar-refractivity contribution in [2.45, 2.75) is 89.6 Å². The summed E-state index contributed by atoms with van der Waals surface area (Å²) in [6.45, 7) is 19.0. The van der Waals surface area contributed by atoms with Crippen molar-refractivity contribution in [1.29, 1.82) is 0 Å². The zero-order chi connectivity index (χ0) is 21.0. The van der Waals surface area contributed by atoms with E-state index >= 15 is 0 Å². The topological polar surface area (TPSA) is 66.4 Å². The molecule has 6 nitrogen and oxygen atoms in total. The van der Waals surface area contributed by atoms with Crippen molar-refractivity contribution in [2.75, 3.05) is 13.2 Å². The van der Waals surface area contributed by atoms with Crippen LogP contribution in [0, 0.1) is 12.3 Å². The van der Waals surface area contributed by atoms with Crippen LogP contribution < -0.4 is 0 Å². The molecule has 27 heavy (non-hydrogen) atoms. The SMILES string of the molecule is C#CCO[C@H]1OC(CO)[C@@H](O[Si](C)(C)C)[C@H](O[Si](C)(C)C)C1O[Si](C)(C)C. The van der Waals surface area contributed by atoms with Gasteiger partial charge in [0.05, 0.1) is 6.61 Å². The summed E-state index contributed by atoms with van der Waals surface area (Å²) in [5.41, 5.74) is 0. The van der Waals surface area contributed by atoms with Gasteiger partial charge in [0.25, 0.3) is 0 Å². The van der Waals surface area contributed by atoms with Crippen molar-refractivity contribution < 1.29 is 27.9 Å². The molecule has 0 aliphatic carbocycles. The fourth-order valence-electron chi connectivity index (χ4n) is 2.92. The molecule has 0 radical (unpaired) electrons. The lowest BCUT2D eigenvalue weighted by Gasteiger charge is -2.50. The van der Waals surface area contributed by atoms with Gasteiger partial charge in [0, 0.05) is 0 Å². The summed E-state index contributed by atoms with van der Waals surface area (Å²) in [6, 6.07) is 0. The largest absolute Gasteiger partial charge is 0.409 e. The van der Waals surface area contributed by atoms with Crippen molar-refractivity contribution in [1.82, 2.24) is 0 Å². The molecule has 0 saturated carbocycles. The summed E-state index contributed by atoms with van der Waals surface area (Å²) in [7, 11) is -5.82. The molecule has 5 atom stereocenters. The number of hydrogen-bond acceptors (Lipinski definition) is 6. The predicted molar refractivity (Wildman–Crippen MR) is 115 cm³/mol. The Balaban J connectivity index is 3.32. The summed E-state index contributed by atoms with van der Waals surface area (Å²) in [4.78, 5) is 0. The van der Waals surface area contributed by atoms with Crippen LogP contribution in [0.3, 0.4) is 0 Å². The van der Waals surface area contributed by atoms with E-state index in [1.54, 1.807) is 0 Å². The van der Waals surface area contributed by atoms with Crippen LogP contribution in [0.2, 0.25) is 58.9 Å². The summed E-state index contributed by atoms with van der Waals surface area (Å²) >= 11 is 0. The molecule has 1 heterocycles. The van der Waals surface area contributed by atoms with Gasteiger partial charge in [-0.1, -0.05) is 5.92 Å². The van der Waals surface area contributed by atoms with E-state index in [-0.39, 0.29) is 19.3 Å². The lowest BCUT2D eigenvalue weighted by atomic mass is 9.99. The number of hydrogen-bond donors (Lipinski definition) is 1. The Kier molecular flexibility index (Phi) is 8.94. The molecule has 0 aromatic heterocycles. The summed E-state index contributed by atoms with van der Waals surface area (Å²) < 4.78 is 31.3. The standard InChI is InChI=1S/C18H38O6Si3/c1-11-12-20-18-17(24-27(8,9)10)16(23-26(5,6)7)15(14(13-19)21-18)22-25(2,3)4/h1,14-19H,12-13H2,2-10H3/t14?,15-,16+,17?,18+/m1/s1. The molecule has 158 valence electrons. The van der Waals surface area contributed by atoms with Gasteiger partial charge in [0.2, 0.25) is 0 Å². The monoisotopic (exact) mass is 434 g/mol. The quantitative estimate of drug-likeness (QED) is 0.444. The first kappa shape index (κ1) is 25.0. The number of rotatable bonds is 9. The molecule has 0 aromatic carbocycles. The van der Waals surface area contributed by atoms with Gasteiger partial charge >= 0.3 is 0 Å². The van der Waals surface area contributed by atoms with Crippen LogP contribution in [-0.4, -0.2) is 74.0 Å². The molecule has 1 aliphatic rings. The Bertz CT molecular complexity index is 503. The maximum Gasteiger partial charge on any atom is 0.186 e. The molecule has 1 rings (SSSR count). The summed E-state index contributed by atoms with van der Waals surface area (Å²) in [5.74, 6) is 2.48. The molecule has 0 aromatic rings. The Morgan fingerprint density at radius 2 is 1.26 bits per heavy atom. The van der Waals surface area contributed by atoms with Gasteiger partial charge < -0.3 is 27.9 Å². The van der Waals surface area contributed by atoms with E-state index in [1.165, 1.54) is 0 Å². The van der Waals surface area contributed by atoms with Gasteiger partial charge in [0.1, 0.15) is 31.0 Å². The highest BCUT2D eigenvalue weighted by Gasteiger charge is 2.51. The van der Waals surface area contributed by atoms with E-state index in [9.17, 15) is 5.11 Å². The molecule has 1 fully saturated rings. The minimum atomic E-state index is -1.95. The number of aliphatic hydroxyl groups is 1. The molecule has 1 N–H and O–H groups in total. The smallest absolute Gasteiger partial charge is 0.186 e. The van der Waals surface area contributed by atoms with E-state index in [0.717, 1.165) is 0 Å². The van der Waals surface area contributed by atoms with Gasteiger partial charge in [-0.25, -0.2) is 0 Å². The number of ether oxygens (including phenoxy) is 2. The molecule has 0 bridgehead atoms. The molecule has 2 unspecified atom stereocenters. The lowest BCUT2D eigenvalue weighted by molar-refractivity contribution is -0.288. The van der Waals surface area contributed by atoms with Crippen molar-refractivity contribution in [3.05, 3.63) is 0 Å². The van der Waals surface area contributed by atoms with Gasteiger partial charge in [0.15, 0.2) is 31.2 Å². The average Bonchev–Trinajstić information content (AvgIpc) is 2.45. The van der Waals surface area contributed by atoms with Crippen LogP contribution in [0.1, 0.15) is 0 Å². The first-order valence-corrected chi connectivity index (χ1v) is 19.7. The third-order valence-electron chi connectivity index (χ3n) is 3.57. The molecular weight excluding hydrogens is 396 g/mol. The molecule has 0 amide bonds. The minimum Gasteiger partial charge on any atom is -0.409 e. The second-order valence-electron chi connectivity index (χ2n) is 9.83. The third kappa shape index (κ3) is 8.89. The van der Waals surface area contributed by atoms with Crippen molar-refractivity contribution in [3.8, 4) is 12.3 Å². The van der Waals surface area contributed by atoms with Gasteiger partial charge in [-0.3, -0.25) is 0 Å². The Morgan fingerprint density at radius 3 is 1.67 bits per heavy atom. The first-order valence-electron chi connectivity index (χ1n) is 9.52. The fraction of sp³-hybridized carbons (Fsp3) is 0.889. The Hall–Kier alpha value is -0.0294.